The highest BCUT2D eigenvalue weighted by Crippen LogP contribution is 2.07. The molecular formula is C8H10FNO2S. The summed E-state index contributed by atoms with van der Waals surface area (Å²) in [7, 11) is -4.37. The standard InChI is InChI=1S/C8H10FNO2S/c1-7-2-4-10-6-8(7)3-5-13(9,11)12/h2,4,6H,3,5H2,1H3. The van der Waals surface area contributed by atoms with E-state index >= 15 is 0 Å². The molecule has 1 rings (SSSR count). The highest BCUT2D eigenvalue weighted by atomic mass is 32.3. The van der Waals surface area contributed by atoms with Crippen molar-refractivity contribution >= 4 is 10.2 Å². The predicted molar refractivity (Wildman–Crippen MR) is 47.6 cm³/mol. The minimum absolute atomic E-state index is 0.179. The Labute approximate surface area is 76.8 Å². The summed E-state index contributed by atoms with van der Waals surface area (Å²) < 4.78 is 32.6. The molecule has 0 N–H and O–H groups in total. The highest BCUT2D eigenvalue weighted by Gasteiger charge is 2.08. The maximum Gasteiger partial charge on any atom is 0.302 e. The zero-order valence-electron chi connectivity index (χ0n) is 7.20. The van der Waals surface area contributed by atoms with E-state index < -0.39 is 16.0 Å². The Morgan fingerprint density at radius 2 is 2.23 bits per heavy atom. The first-order valence-corrected chi connectivity index (χ1v) is 5.36. The topological polar surface area (TPSA) is 47.0 Å². The van der Waals surface area contributed by atoms with E-state index in [0.717, 1.165) is 11.1 Å². The van der Waals surface area contributed by atoms with Crippen molar-refractivity contribution in [2.75, 3.05) is 5.75 Å². The molecule has 1 aromatic rings. The molecule has 0 aliphatic heterocycles. The van der Waals surface area contributed by atoms with Crippen LogP contribution in [0.1, 0.15) is 11.1 Å². The molecule has 0 aliphatic rings. The number of aromatic nitrogens is 1. The Balaban J connectivity index is 2.71. The van der Waals surface area contributed by atoms with Crippen LogP contribution < -0.4 is 0 Å². The third-order valence-electron chi connectivity index (χ3n) is 1.76. The van der Waals surface area contributed by atoms with Gasteiger partial charge in [0.2, 0.25) is 0 Å². The van der Waals surface area contributed by atoms with Crippen molar-refractivity contribution < 1.29 is 12.3 Å². The largest absolute Gasteiger partial charge is 0.302 e. The quantitative estimate of drug-likeness (QED) is 0.694. The summed E-state index contributed by atoms with van der Waals surface area (Å²) in [6.07, 6.45) is 3.35. The minimum atomic E-state index is -4.37. The van der Waals surface area contributed by atoms with Crippen LogP contribution in [0.4, 0.5) is 3.89 Å². The number of aryl methyl sites for hydroxylation is 2. The Hall–Kier alpha value is -0.970. The van der Waals surface area contributed by atoms with Crippen LogP contribution in [-0.2, 0) is 16.6 Å². The van der Waals surface area contributed by atoms with Gasteiger partial charge in [-0.2, -0.15) is 8.42 Å². The maximum absolute atomic E-state index is 12.2. The molecule has 72 valence electrons. The van der Waals surface area contributed by atoms with Gasteiger partial charge in [0.1, 0.15) is 0 Å². The molecule has 13 heavy (non-hydrogen) atoms. The van der Waals surface area contributed by atoms with Gasteiger partial charge in [-0.15, -0.1) is 3.89 Å². The molecule has 1 aromatic heterocycles. The molecule has 5 heteroatoms. The minimum Gasteiger partial charge on any atom is -0.264 e. The lowest BCUT2D eigenvalue weighted by molar-refractivity contribution is 0.551. The molecule has 0 atom stereocenters. The second kappa shape index (κ2) is 3.83. The van der Waals surface area contributed by atoms with Crippen molar-refractivity contribution in [1.29, 1.82) is 0 Å². The van der Waals surface area contributed by atoms with Crippen LogP contribution in [0.25, 0.3) is 0 Å². The van der Waals surface area contributed by atoms with Crippen LogP contribution in [0.2, 0.25) is 0 Å². The van der Waals surface area contributed by atoms with E-state index in [-0.39, 0.29) is 6.42 Å². The van der Waals surface area contributed by atoms with E-state index in [9.17, 15) is 12.3 Å². The van der Waals surface area contributed by atoms with E-state index in [4.69, 9.17) is 0 Å². The monoisotopic (exact) mass is 203 g/mol. The second-order valence-corrected chi connectivity index (χ2v) is 4.28. The average molecular weight is 203 g/mol. The summed E-state index contributed by atoms with van der Waals surface area (Å²) in [6.45, 7) is 1.84. The van der Waals surface area contributed by atoms with Crippen LogP contribution in [0.3, 0.4) is 0 Å². The van der Waals surface area contributed by atoms with Crippen LogP contribution >= 0.6 is 0 Å². The average Bonchev–Trinajstić information content (AvgIpc) is 2.01. The van der Waals surface area contributed by atoms with Gasteiger partial charge in [-0.25, -0.2) is 0 Å². The summed E-state index contributed by atoms with van der Waals surface area (Å²) in [5.74, 6) is -0.473. The fourth-order valence-electron chi connectivity index (χ4n) is 0.990. The molecule has 0 aromatic carbocycles. The molecule has 0 saturated carbocycles. The molecule has 0 unspecified atom stereocenters. The lowest BCUT2D eigenvalue weighted by atomic mass is 10.1. The second-order valence-electron chi connectivity index (χ2n) is 2.80. The van der Waals surface area contributed by atoms with Gasteiger partial charge in [0, 0.05) is 12.4 Å². The van der Waals surface area contributed by atoms with Crippen LogP contribution in [-0.4, -0.2) is 19.2 Å². The summed E-state index contributed by atoms with van der Waals surface area (Å²) in [6, 6.07) is 1.76. The molecule has 0 spiro atoms. The fraction of sp³-hybridized carbons (Fsp3) is 0.375. The van der Waals surface area contributed by atoms with Gasteiger partial charge in [-0.05, 0) is 30.5 Å². The van der Waals surface area contributed by atoms with E-state index in [1.165, 1.54) is 0 Å². The van der Waals surface area contributed by atoms with E-state index in [1.54, 1.807) is 18.5 Å². The number of hydrogen-bond acceptors (Lipinski definition) is 3. The van der Waals surface area contributed by atoms with E-state index in [1.807, 2.05) is 6.92 Å². The molecule has 0 amide bonds. The summed E-state index contributed by atoms with van der Waals surface area (Å²) in [5.41, 5.74) is 1.70. The fourth-order valence-corrected chi connectivity index (χ4v) is 1.45. The van der Waals surface area contributed by atoms with E-state index in [2.05, 4.69) is 4.98 Å². The third kappa shape index (κ3) is 3.50. The molecule has 1 heterocycles. The van der Waals surface area contributed by atoms with Gasteiger partial charge in [-0.3, -0.25) is 4.98 Å². The lowest BCUT2D eigenvalue weighted by Crippen LogP contribution is -2.03. The van der Waals surface area contributed by atoms with Crippen molar-refractivity contribution in [3.63, 3.8) is 0 Å². The van der Waals surface area contributed by atoms with Gasteiger partial charge in [0.25, 0.3) is 0 Å². The summed E-state index contributed by atoms with van der Waals surface area (Å²) in [4.78, 5) is 3.83. The molecule has 0 saturated heterocycles. The molecule has 0 fully saturated rings. The zero-order valence-corrected chi connectivity index (χ0v) is 8.01. The normalized spacial score (nSPS) is 11.5. The van der Waals surface area contributed by atoms with Crippen LogP contribution in [0, 0.1) is 6.92 Å². The summed E-state index contributed by atoms with van der Waals surface area (Å²) in [5, 5.41) is 0. The van der Waals surface area contributed by atoms with Crippen molar-refractivity contribution in [1.82, 2.24) is 4.98 Å². The van der Waals surface area contributed by atoms with Gasteiger partial charge < -0.3 is 0 Å². The maximum atomic E-state index is 12.2. The lowest BCUT2D eigenvalue weighted by Gasteiger charge is -2.01. The van der Waals surface area contributed by atoms with Crippen LogP contribution in [0.5, 0.6) is 0 Å². The van der Waals surface area contributed by atoms with Gasteiger partial charge in [0.05, 0.1) is 5.75 Å². The van der Waals surface area contributed by atoms with Gasteiger partial charge >= 0.3 is 10.2 Å². The van der Waals surface area contributed by atoms with Crippen LogP contribution in [0.15, 0.2) is 18.5 Å². The van der Waals surface area contributed by atoms with Gasteiger partial charge in [0.15, 0.2) is 0 Å². The number of rotatable bonds is 3. The SMILES string of the molecule is Cc1ccncc1CCS(=O)(=O)F. The van der Waals surface area contributed by atoms with Crippen molar-refractivity contribution in [3.8, 4) is 0 Å². The number of pyridine rings is 1. The molecular weight excluding hydrogens is 193 g/mol. The summed E-state index contributed by atoms with van der Waals surface area (Å²) >= 11 is 0. The number of hydrogen-bond donors (Lipinski definition) is 0. The first kappa shape index (κ1) is 10.1. The number of halogens is 1. The zero-order chi connectivity index (χ0) is 9.90. The van der Waals surface area contributed by atoms with Gasteiger partial charge in [-0.1, -0.05) is 0 Å². The van der Waals surface area contributed by atoms with Crippen molar-refractivity contribution in [2.45, 2.75) is 13.3 Å². The molecule has 0 radical (unpaired) electrons. The van der Waals surface area contributed by atoms with Crippen molar-refractivity contribution in [3.05, 3.63) is 29.6 Å². The number of nitrogens with zero attached hydrogens (tertiary/aromatic N) is 1. The smallest absolute Gasteiger partial charge is 0.264 e. The predicted octanol–water partition coefficient (Wildman–Crippen LogP) is 1.23. The molecule has 0 bridgehead atoms. The Kier molecular flexibility index (Phi) is 2.98. The Morgan fingerprint density at radius 1 is 1.54 bits per heavy atom. The van der Waals surface area contributed by atoms with Crippen molar-refractivity contribution in [2.24, 2.45) is 0 Å². The Morgan fingerprint density at radius 3 is 2.77 bits per heavy atom. The third-order valence-corrected chi connectivity index (χ3v) is 2.45. The first-order chi connectivity index (χ1) is 5.99. The van der Waals surface area contributed by atoms with E-state index in [0.29, 0.717) is 0 Å². The highest BCUT2D eigenvalue weighted by molar-refractivity contribution is 7.86. The first-order valence-electron chi connectivity index (χ1n) is 3.81. The molecule has 3 nitrogen and oxygen atoms in total. The molecule has 0 aliphatic carbocycles. The Bertz CT molecular complexity index is 389.